The molecule has 2 aliphatic heterocycles. The van der Waals surface area contributed by atoms with Gasteiger partial charge < -0.3 is 5.32 Å². The van der Waals surface area contributed by atoms with Crippen molar-refractivity contribution in [3.05, 3.63) is 47.0 Å². The van der Waals surface area contributed by atoms with Gasteiger partial charge >= 0.3 is 6.03 Å². The van der Waals surface area contributed by atoms with Crippen molar-refractivity contribution in [3.8, 4) is 0 Å². The third-order valence-electron chi connectivity index (χ3n) is 6.16. The summed E-state index contributed by atoms with van der Waals surface area (Å²) in [5.74, 6) is 0.107. The first-order valence-electron chi connectivity index (χ1n) is 10.3. The Hall–Kier alpha value is -2.14. The predicted molar refractivity (Wildman–Crippen MR) is 112 cm³/mol. The van der Waals surface area contributed by atoms with Crippen LogP contribution in [0, 0.1) is 19.8 Å². The fourth-order valence-electron chi connectivity index (χ4n) is 4.87. The lowest BCUT2D eigenvalue weighted by atomic mass is 9.75. The van der Waals surface area contributed by atoms with Gasteiger partial charge in [-0.2, -0.15) is 0 Å². The van der Waals surface area contributed by atoms with E-state index in [4.69, 9.17) is 0 Å². The SMILES string of the molecule is C=C(C)CN1C(=O)N[C@](CC)(C2CCN(Cc3cc(C)cc(C)c3)CC2)C1=O. The van der Waals surface area contributed by atoms with Gasteiger partial charge in [-0.25, -0.2) is 4.79 Å². The standard InChI is InChI=1S/C23H33N3O2/c1-6-23(21(27)26(14-16(2)3)22(28)24-23)20-7-9-25(10-8-20)15-19-12-17(4)11-18(5)13-19/h11-13,20H,2,6-10,14-15H2,1,3-5H3,(H,24,28)/t23-/m1/s1. The lowest BCUT2D eigenvalue weighted by molar-refractivity contribution is -0.134. The topological polar surface area (TPSA) is 52.7 Å². The molecule has 2 heterocycles. The second kappa shape index (κ2) is 8.08. The molecule has 3 rings (SSSR count). The molecule has 0 spiro atoms. The highest BCUT2D eigenvalue weighted by molar-refractivity contribution is 6.07. The van der Waals surface area contributed by atoms with Gasteiger partial charge in [0.25, 0.3) is 5.91 Å². The largest absolute Gasteiger partial charge is 0.325 e. The Morgan fingerprint density at radius 2 is 1.79 bits per heavy atom. The molecule has 2 aliphatic rings. The maximum absolute atomic E-state index is 13.1. The highest BCUT2D eigenvalue weighted by Gasteiger charge is 2.54. The molecular formula is C23H33N3O2. The second-order valence-electron chi connectivity index (χ2n) is 8.65. The van der Waals surface area contributed by atoms with Crippen LogP contribution in [0.15, 0.2) is 30.4 Å². The molecule has 5 nitrogen and oxygen atoms in total. The van der Waals surface area contributed by atoms with E-state index in [1.165, 1.54) is 21.6 Å². The Morgan fingerprint density at radius 1 is 1.18 bits per heavy atom. The van der Waals surface area contributed by atoms with E-state index in [1.807, 2.05) is 13.8 Å². The molecule has 1 atom stereocenters. The smallest absolute Gasteiger partial charge is 0.323 e. The molecule has 1 aromatic carbocycles. The number of piperidine rings is 1. The van der Waals surface area contributed by atoms with Gasteiger partial charge in [-0.15, -0.1) is 0 Å². The zero-order chi connectivity index (χ0) is 20.5. The fourth-order valence-corrected chi connectivity index (χ4v) is 4.87. The van der Waals surface area contributed by atoms with Gasteiger partial charge in [0, 0.05) is 6.54 Å². The van der Waals surface area contributed by atoms with Crippen molar-refractivity contribution in [2.24, 2.45) is 5.92 Å². The van der Waals surface area contributed by atoms with E-state index in [1.54, 1.807) is 0 Å². The molecule has 0 aromatic heterocycles. The molecule has 1 aromatic rings. The number of imide groups is 1. The number of likely N-dealkylation sites (tertiary alicyclic amines) is 1. The Bertz CT molecular complexity index is 760. The van der Waals surface area contributed by atoms with Gasteiger partial charge in [0.05, 0.1) is 6.54 Å². The summed E-state index contributed by atoms with van der Waals surface area (Å²) >= 11 is 0. The lowest BCUT2D eigenvalue weighted by Gasteiger charge is -2.40. The van der Waals surface area contributed by atoms with Crippen LogP contribution in [0.2, 0.25) is 0 Å². The molecule has 1 N–H and O–H groups in total. The van der Waals surface area contributed by atoms with Crippen molar-refractivity contribution in [2.75, 3.05) is 19.6 Å². The molecule has 0 radical (unpaired) electrons. The molecule has 0 saturated carbocycles. The average Bonchev–Trinajstić information content (AvgIpc) is 2.86. The molecule has 0 unspecified atom stereocenters. The Kier molecular flexibility index (Phi) is 5.94. The van der Waals surface area contributed by atoms with E-state index in [0.717, 1.165) is 38.0 Å². The number of nitrogens with one attached hydrogen (secondary N) is 1. The molecular weight excluding hydrogens is 350 g/mol. The molecule has 3 amide bonds. The van der Waals surface area contributed by atoms with Gasteiger partial charge in [-0.05, 0) is 64.6 Å². The fraction of sp³-hybridized carbons (Fsp3) is 0.565. The van der Waals surface area contributed by atoms with Crippen LogP contribution in [-0.2, 0) is 11.3 Å². The van der Waals surface area contributed by atoms with Crippen molar-refractivity contribution in [1.82, 2.24) is 15.1 Å². The first kappa shape index (κ1) is 20.6. The molecule has 5 heteroatoms. The monoisotopic (exact) mass is 383 g/mol. The van der Waals surface area contributed by atoms with E-state index < -0.39 is 5.54 Å². The van der Waals surface area contributed by atoms with Crippen LogP contribution >= 0.6 is 0 Å². The molecule has 2 fully saturated rings. The van der Waals surface area contributed by atoms with Crippen molar-refractivity contribution < 1.29 is 9.59 Å². The highest BCUT2D eigenvalue weighted by atomic mass is 16.2. The van der Waals surface area contributed by atoms with Crippen LogP contribution in [0.3, 0.4) is 0 Å². The summed E-state index contributed by atoms with van der Waals surface area (Å²) in [5.41, 5.74) is 4.01. The summed E-state index contributed by atoms with van der Waals surface area (Å²) in [7, 11) is 0. The molecule has 152 valence electrons. The Balaban J connectivity index is 1.66. The third kappa shape index (κ3) is 4.00. The number of amides is 3. The van der Waals surface area contributed by atoms with Crippen LogP contribution in [0.1, 0.15) is 49.8 Å². The number of nitrogens with zero attached hydrogens (tertiary/aromatic N) is 2. The van der Waals surface area contributed by atoms with Gasteiger partial charge in [-0.3, -0.25) is 14.6 Å². The average molecular weight is 384 g/mol. The number of aryl methyl sites for hydroxylation is 2. The summed E-state index contributed by atoms with van der Waals surface area (Å²) in [5, 5.41) is 3.05. The van der Waals surface area contributed by atoms with Crippen LogP contribution in [0.4, 0.5) is 4.79 Å². The molecule has 0 bridgehead atoms. The maximum atomic E-state index is 13.1. The minimum absolute atomic E-state index is 0.0734. The molecule has 28 heavy (non-hydrogen) atoms. The summed E-state index contributed by atoms with van der Waals surface area (Å²) in [6.45, 7) is 15.1. The van der Waals surface area contributed by atoms with Crippen LogP contribution < -0.4 is 5.32 Å². The number of rotatable bonds is 6. The van der Waals surface area contributed by atoms with Crippen LogP contribution in [0.25, 0.3) is 0 Å². The van der Waals surface area contributed by atoms with Gasteiger partial charge in [0.15, 0.2) is 0 Å². The summed E-state index contributed by atoms with van der Waals surface area (Å²) < 4.78 is 0. The van der Waals surface area contributed by atoms with E-state index in [9.17, 15) is 9.59 Å². The highest BCUT2D eigenvalue weighted by Crippen LogP contribution is 2.36. The van der Waals surface area contributed by atoms with Gasteiger partial charge in [0.2, 0.25) is 0 Å². The number of urea groups is 1. The summed E-state index contributed by atoms with van der Waals surface area (Å²) in [6.07, 6.45) is 2.48. The van der Waals surface area contributed by atoms with E-state index >= 15 is 0 Å². The number of benzene rings is 1. The summed E-state index contributed by atoms with van der Waals surface area (Å²) in [6, 6.07) is 6.44. The summed E-state index contributed by atoms with van der Waals surface area (Å²) in [4.78, 5) is 29.4. The second-order valence-corrected chi connectivity index (χ2v) is 8.65. The Labute approximate surface area is 168 Å². The number of carbonyl (C=O) groups is 2. The zero-order valence-corrected chi connectivity index (χ0v) is 17.7. The maximum Gasteiger partial charge on any atom is 0.325 e. The van der Waals surface area contributed by atoms with Crippen molar-refractivity contribution in [3.63, 3.8) is 0 Å². The van der Waals surface area contributed by atoms with Crippen molar-refractivity contribution >= 4 is 11.9 Å². The first-order chi connectivity index (χ1) is 13.2. The zero-order valence-electron chi connectivity index (χ0n) is 17.7. The lowest BCUT2D eigenvalue weighted by Crippen LogP contribution is -2.55. The quantitative estimate of drug-likeness (QED) is 0.601. The minimum atomic E-state index is -0.751. The van der Waals surface area contributed by atoms with E-state index in [2.05, 4.69) is 48.8 Å². The predicted octanol–water partition coefficient (Wildman–Crippen LogP) is 3.79. The van der Waals surface area contributed by atoms with E-state index in [0.29, 0.717) is 13.0 Å². The number of hydrogen-bond acceptors (Lipinski definition) is 3. The number of hydrogen-bond donors (Lipinski definition) is 1. The minimum Gasteiger partial charge on any atom is -0.323 e. The molecule has 2 saturated heterocycles. The number of carbonyl (C=O) groups excluding carboxylic acids is 2. The first-order valence-corrected chi connectivity index (χ1v) is 10.3. The van der Waals surface area contributed by atoms with Crippen molar-refractivity contribution in [2.45, 2.75) is 59.0 Å². The van der Waals surface area contributed by atoms with E-state index in [-0.39, 0.29) is 17.9 Å². The molecule has 0 aliphatic carbocycles. The van der Waals surface area contributed by atoms with Gasteiger partial charge in [0.1, 0.15) is 5.54 Å². The normalized spacial score (nSPS) is 23.9. The van der Waals surface area contributed by atoms with Crippen molar-refractivity contribution in [1.29, 1.82) is 0 Å². The Morgan fingerprint density at radius 3 is 2.32 bits per heavy atom. The van der Waals surface area contributed by atoms with Crippen LogP contribution in [-0.4, -0.2) is 46.9 Å². The third-order valence-corrected chi connectivity index (χ3v) is 6.16. The van der Waals surface area contributed by atoms with Gasteiger partial charge in [-0.1, -0.05) is 48.4 Å². The van der Waals surface area contributed by atoms with Crippen LogP contribution in [0.5, 0.6) is 0 Å².